The van der Waals surface area contributed by atoms with E-state index in [0.717, 1.165) is 23.5 Å². The highest BCUT2D eigenvalue weighted by atomic mass is 16.5. The molecule has 110 valence electrons. The summed E-state index contributed by atoms with van der Waals surface area (Å²) in [7, 11) is 3.24. The standard InChI is InChI=1S/C15H21NO4/c1-10(16-8-12(9-16)15(17)18)6-11-4-5-13(19-2)14(7-11)20-3/h4-5,7,10,12H,6,8-9H2,1-3H3,(H,17,18). The van der Waals surface area contributed by atoms with Crippen LogP contribution >= 0.6 is 0 Å². The van der Waals surface area contributed by atoms with Crippen molar-refractivity contribution in [2.24, 2.45) is 5.92 Å². The van der Waals surface area contributed by atoms with Crippen LogP contribution in [0.3, 0.4) is 0 Å². The molecule has 0 saturated carbocycles. The number of nitrogens with zero attached hydrogens (tertiary/aromatic N) is 1. The fourth-order valence-electron chi connectivity index (χ4n) is 2.51. The summed E-state index contributed by atoms with van der Waals surface area (Å²) in [6, 6.07) is 6.22. The van der Waals surface area contributed by atoms with Crippen LogP contribution in [0.15, 0.2) is 18.2 Å². The van der Waals surface area contributed by atoms with Crippen molar-refractivity contribution >= 4 is 5.97 Å². The van der Waals surface area contributed by atoms with E-state index >= 15 is 0 Å². The first-order valence-corrected chi connectivity index (χ1v) is 6.73. The van der Waals surface area contributed by atoms with Crippen molar-refractivity contribution in [3.05, 3.63) is 23.8 Å². The van der Waals surface area contributed by atoms with E-state index in [1.54, 1.807) is 14.2 Å². The summed E-state index contributed by atoms with van der Waals surface area (Å²) in [5.74, 6) is 0.547. The van der Waals surface area contributed by atoms with E-state index in [2.05, 4.69) is 11.8 Å². The predicted octanol–water partition coefficient (Wildman–Crippen LogP) is 1.65. The molecule has 5 nitrogen and oxygen atoms in total. The monoisotopic (exact) mass is 279 g/mol. The Hall–Kier alpha value is -1.75. The molecule has 1 aromatic rings. The van der Waals surface area contributed by atoms with Gasteiger partial charge in [0.25, 0.3) is 0 Å². The molecule has 1 aromatic carbocycles. The van der Waals surface area contributed by atoms with Gasteiger partial charge in [0.05, 0.1) is 20.1 Å². The number of hydrogen-bond donors (Lipinski definition) is 1. The second-order valence-corrected chi connectivity index (χ2v) is 5.23. The zero-order valence-corrected chi connectivity index (χ0v) is 12.1. The molecule has 5 heteroatoms. The molecular formula is C15H21NO4. The van der Waals surface area contributed by atoms with E-state index in [0.29, 0.717) is 19.1 Å². The Morgan fingerprint density at radius 1 is 1.35 bits per heavy atom. The van der Waals surface area contributed by atoms with E-state index in [1.807, 2.05) is 18.2 Å². The molecule has 0 radical (unpaired) electrons. The van der Waals surface area contributed by atoms with Gasteiger partial charge in [-0.15, -0.1) is 0 Å². The number of carboxylic acid groups (broad SMARTS) is 1. The molecule has 20 heavy (non-hydrogen) atoms. The zero-order chi connectivity index (χ0) is 14.7. The first-order chi connectivity index (χ1) is 9.55. The lowest BCUT2D eigenvalue weighted by molar-refractivity contribution is -0.148. The second-order valence-electron chi connectivity index (χ2n) is 5.23. The van der Waals surface area contributed by atoms with Crippen LogP contribution in [0.4, 0.5) is 0 Å². The number of likely N-dealkylation sites (tertiary alicyclic amines) is 1. The number of benzene rings is 1. The van der Waals surface area contributed by atoms with Crippen molar-refractivity contribution < 1.29 is 19.4 Å². The summed E-state index contributed by atoms with van der Waals surface area (Å²) in [5.41, 5.74) is 1.16. The highest BCUT2D eigenvalue weighted by Crippen LogP contribution is 2.29. The number of hydrogen-bond acceptors (Lipinski definition) is 4. The van der Waals surface area contributed by atoms with Gasteiger partial charge in [0, 0.05) is 19.1 Å². The maximum absolute atomic E-state index is 10.8. The Morgan fingerprint density at radius 3 is 2.55 bits per heavy atom. The molecule has 0 aromatic heterocycles. The van der Waals surface area contributed by atoms with Gasteiger partial charge in [-0.2, -0.15) is 0 Å². The fraction of sp³-hybridized carbons (Fsp3) is 0.533. The Balaban J connectivity index is 1.95. The lowest BCUT2D eigenvalue weighted by Crippen LogP contribution is -2.54. The minimum atomic E-state index is -0.695. The maximum atomic E-state index is 10.8. The molecule has 1 N–H and O–H groups in total. The Morgan fingerprint density at radius 2 is 2.00 bits per heavy atom. The van der Waals surface area contributed by atoms with Crippen molar-refractivity contribution in [2.75, 3.05) is 27.3 Å². The van der Waals surface area contributed by atoms with Crippen LogP contribution in [0.5, 0.6) is 11.5 Å². The van der Waals surface area contributed by atoms with Crippen LogP contribution in [-0.4, -0.2) is 49.3 Å². The quantitative estimate of drug-likeness (QED) is 0.858. The minimum absolute atomic E-state index is 0.206. The molecule has 0 bridgehead atoms. The van der Waals surface area contributed by atoms with Gasteiger partial charge in [-0.05, 0) is 31.0 Å². The average Bonchev–Trinajstić information content (AvgIpc) is 2.36. The van der Waals surface area contributed by atoms with Crippen molar-refractivity contribution in [2.45, 2.75) is 19.4 Å². The lowest BCUT2D eigenvalue weighted by Gasteiger charge is -2.41. The van der Waals surface area contributed by atoms with Gasteiger partial charge in [0.1, 0.15) is 0 Å². The number of ether oxygens (including phenoxy) is 2. The van der Waals surface area contributed by atoms with Crippen LogP contribution in [0, 0.1) is 5.92 Å². The van der Waals surface area contributed by atoms with Gasteiger partial charge < -0.3 is 14.6 Å². The van der Waals surface area contributed by atoms with Crippen LogP contribution < -0.4 is 9.47 Å². The van der Waals surface area contributed by atoms with E-state index < -0.39 is 5.97 Å². The van der Waals surface area contributed by atoms with E-state index in [4.69, 9.17) is 14.6 Å². The number of aliphatic carboxylic acids is 1. The van der Waals surface area contributed by atoms with E-state index in [9.17, 15) is 4.79 Å². The molecule has 1 aliphatic heterocycles. The molecule has 0 amide bonds. The fourth-order valence-corrected chi connectivity index (χ4v) is 2.51. The Labute approximate surface area is 119 Å². The van der Waals surface area contributed by atoms with Gasteiger partial charge in [0.2, 0.25) is 0 Å². The minimum Gasteiger partial charge on any atom is -0.493 e. The van der Waals surface area contributed by atoms with Crippen molar-refractivity contribution in [1.82, 2.24) is 4.90 Å². The molecular weight excluding hydrogens is 258 g/mol. The van der Waals surface area contributed by atoms with Crippen LogP contribution in [0.1, 0.15) is 12.5 Å². The largest absolute Gasteiger partial charge is 0.493 e. The predicted molar refractivity (Wildman–Crippen MR) is 75.4 cm³/mol. The molecule has 0 aliphatic carbocycles. The maximum Gasteiger partial charge on any atom is 0.309 e. The summed E-state index contributed by atoms with van der Waals surface area (Å²) in [6.45, 7) is 3.41. The van der Waals surface area contributed by atoms with Gasteiger partial charge in [-0.1, -0.05) is 6.07 Å². The third kappa shape index (κ3) is 3.04. The summed E-state index contributed by atoms with van der Waals surface area (Å²) >= 11 is 0. The first-order valence-electron chi connectivity index (χ1n) is 6.73. The molecule has 0 spiro atoms. The second kappa shape index (κ2) is 6.13. The summed E-state index contributed by atoms with van der Waals surface area (Å²) in [6.07, 6.45) is 0.868. The Bertz CT molecular complexity index is 483. The van der Waals surface area contributed by atoms with E-state index in [-0.39, 0.29) is 5.92 Å². The molecule has 1 fully saturated rings. The van der Waals surface area contributed by atoms with E-state index in [1.165, 1.54) is 0 Å². The third-order valence-corrected chi connectivity index (χ3v) is 3.86. The summed E-state index contributed by atoms with van der Waals surface area (Å²) in [4.78, 5) is 13.0. The molecule has 1 heterocycles. The average molecular weight is 279 g/mol. The van der Waals surface area contributed by atoms with Gasteiger partial charge >= 0.3 is 5.97 Å². The van der Waals surface area contributed by atoms with Crippen molar-refractivity contribution in [1.29, 1.82) is 0 Å². The molecule has 1 atom stereocenters. The zero-order valence-electron chi connectivity index (χ0n) is 12.1. The highest BCUT2D eigenvalue weighted by Gasteiger charge is 2.34. The van der Waals surface area contributed by atoms with Crippen LogP contribution in [0.2, 0.25) is 0 Å². The third-order valence-electron chi connectivity index (χ3n) is 3.86. The topological polar surface area (TPSA) is 59.0 Å². The number of methoxy groups -OCH3 is 2. The smallest absolute Gasteiger partial charge is 0.309 e. The molecule has 1 unspecified atom stereocenters. The lowest BCUT2D eigenvalue weighted by atomic mass is 9.95. The molecule has 1 saturated heterocycles. The van der Waals surface area contributed by atoms with Crippen LogP contribution in [0.25, 0.3) is 0 Å². The molecule has 2 rings (SSSR count). The van der Waals surface area contributed by atoms with Gasteiger partial charge in [-0.25, -0.2) is 0 Å². The summed E-state index contributed by atoms with van der Waals surface area (Å²) < 4.78 is 10.5. The van der Waals surface area contributed by atoms with Crippen molar-refractivity contribution in [3.8, 4) is 11.5 Å². The number of rotatable bonds is 6. The van der Waals surface area contributed by atoms with Gasteiger partial charge in [0.15, 0.2) is 11.5 Å². The SMILES string of the molecule is COc1ccc(CC(C)N2CC(C(=O)O)C2)cc1OC. The highest BCUT2D eigenvalue weighted by molar-refractivity contribution is 5.71. The number of carboxylic acids is 1. The Kier molecular flexibility index (Phi) is 4.49. The van der Waals surface area contributed by atoms with Crippen LogP contribution in [-0.2, 0) is 11.2 Å². The summed E-state index contributed by atoms with van der Waals surface area (Å²) in [5, 5.41) is 8.89. The van der Waals surface area contributed by atoms with Crippen molar-refractivity contribution in [3.63, 3.8) is 0 Å². The normalized spacial score (nSPS) is 17.4. The number of carbonyl (C=O) groups is 1. The molecule has 1 aliphatic rings. The van der Waals surface area contributed by atoms with Gasteiger partial charge in [-0.3, -0.25) is 9.69 Å². The first kappa shape index (κ1) is 14.7.